The van der Waals surface area contributed by atoms with Gasteiger partial charge in [-0.15, -0.1) is 0 Å². The first-order valence-electron chi connectivity index (χ1n) is 11.6. The highest BCUT2D eigenvalue weighted by molar-refractivity contribution is 6.11. The van der Waals surface area contributed by atoms with Gasteiger partial charge in [0, 0.05) is 16.7 Å². The molecular formula is C28H27NO6. The van der Waals surface area contributed by atoms with Gasteiger partial charge in [-0.25, -0.2) is 0 Å². The van der Waals surface area contributed by atoms with Crippen LogP contribution in [0.5, 0.6) is 11.5 Å². The summed E-state index contributed by atoms with van der Waals surface area (Å²) < 4.78 is 11.4. The third kappa shape index (κ3) is 3.91. The van der Waals surface area contributed by atoms with Crippen molar-refractivity contribution >= 4 is 17.6 Å². The first-order valence-corrected chi connectivity index (χ1v) is 11.6. The SMILES string of the molecule is CC(C)(CO)c1ccc(N2C(=O)c3ccccc3C(C(=O)O)C2c2ccc3c(c2)OCCO3)cc1. The number of hydrogen-bond donors (Lipinski definition) is 2. The van der Waals surface area contributed by atoms with Crippen molar-refractivity contribution in [2.24, 2.45) is 0 Å². The van der Waals surface area contributed by atoms with Crippen molar-refractivity contribution in [3.63, 3.8) is 0 Å². The Labute approximate surface area is 203 Å². The summed E-state index contributed by atoms with van der Waals surface area (Å²) in [5, 5.41) is 20.1. The number of carboxylic acids is 1. The molecule has 180 valence electrons. The van der Waals surface area contributed by atoms with Gasteiger partial charge in [0.2, 0.25) is 0 Å². The summed E-state index contributed by atoms with van der Waals surface area (Å²) in [6.45, 7) is 4.69. The van der Waals surface area contributed by atoms with Gasteiger partial charge in [0.05, 0.1) is 12.6 Å². The standard InChI is InChI=1S/C28H27NO6/c1-28(2,16-30)18-8-10-19(11-9-18)29-25(17-7-12-22-23(15-17)35-14-13-34-22)24(27(32)33)20-5-3-4-6-21(20)26(29)31/h3-12,15,24-25,30H,13-14,16H2,1-2H3,(H,32,33). The molecule has 1 amide bonds. The molecule has 0 fully saturated rings. The third-order valence-corrected chi connectivity index (χ3v) is 6.84. The van der Waals surface area contributed by atoms with Gasteiger partial charge in [-0.05, 0) is 47.0 Å². The van der Waals surface area contributed by atoms with E-state index in [-0.39, 0.29) is 12.5 Å². The van der Waals surface area contributed by atoms with Crippen LogP contribution in [0.4, 0.5) is 5.69 Å². The zero-order valence-electron chi connectivity index (χ0n) is 19.6. The Balaban J connectivity index is 1.68. The van der Waals surface area contributed by atoms with Gasteiger partial charge in [-0.1, -0.05) is 50.2 Å². The normalized spacial score (nSPS) is 19.3. The van der Waals surface area contributed by atoms with Gasteiger partial charge in [-0.2, -0.15) is 0 Å². The van der Waals surface area contributed by atoms with E-state index in [2.05, 4.69) is 0 Å². The molecule has 0 bridgehead atoms. The number of aliphatic hydroxyl groups is 1. The average Bonchev–Trinajstić information content (AvgIpc) is 2.88. The number of carbonyl (C=O) groups is 2. The fraction of sp³-hybridized carbons (Fsp3) is 0.286. The van der Waals surface area contributed by atoms with Crippen LogP contribution in [0.1, 0.15) is 52.9 Å². The highest BCUT2D eigenvalue weighted by Gasteiger charge is 2.45. The van der Waals surface area contributed by atoms with E-state index in [4.69, 9.17) is 9.47 Å². The van der Waals surface area contributed by atoms with Gasteiger partial charge in [0.1, 0.15) is 19.1 Å². The summed E-state index contributed by atoms with van der Waals surface area (Å²) in [6.07, 6.45) is 0. The molecule has 0 aliphatic carbocycles. The van der Waals surface area contributed by atoms with E-state index in [0.29, 0.717) is 47.1 Å². The van der Waals surface area contributed by atoms with E-state index in [1.807, 2.05) is 38.1 Å². The number of amides is 1. The largest absolute Gasteiger partial charge is 0.486 e. The molecule has 2 N–H and O–H groups in total. The van der Waals surface area contributed by atoms with Crippen molar-refractivity contribution in [3.8, 4) is 11.5 Å². The number of aliphatic hydroxyl groups excluding tert-OH is 1. The van der Waals surface area contributed by atoms with Crippen molar-refractivity contribution in [2.45, 2.75) is 31.2 Å². The van der Waals surface area contributed by atoms with E-state index in [9.17, 15) is 19.8 Å². The Morgan fingerprint density at radius 1 is 1.00 bits per heavy atom. The number of carboxylic acid groups (broad SMARTS) is 1. The first-order chi connectivity index (χ1) is 16.8. The van der Waals surface area contributed by atoms with Gasteiger partial charge in [0.25, 0.3) is 5.91 Å². The lowest BCUT2D eigenvalue weighted by Crippen LogP contribution is -2.45. The number of benzene rings is 3. The average molecular weight is 474 g/mol. The zero-order valence-corrected chi connectivity index (χ0v) is 19.6. The lowest BCUT2D eigenvalue weighted by Gasteiger charge is -2.41. The van der Waals surface area contributed by atoms with E-state index in [0.717, 1.165) is 5.56 Å². The lowest BCUT2D eigenvalue weighted by atomic mass is 9.79. The summed E-state index contributed by atoms with van der Waals surface area (Å²) >= 11 is 0. The molecule has 0 radical (unpaired) electrons. The van der Waals surface area contributed by atoms with Crippen LogP contribution >= 0.6 is 0 Å². The topological polar surface area (TPSA) is 96.3 Å². The number of hydrogen-bond acceptors (Lipinski definition) is 5. The molecule has 5 rings (SSSR count). The molecule has 2 heterocycles. The number of ether oxygens (including phenoxy) is 2. The van der Waals surface area contributed by atoms with Crippen molar-refractivity contribution in [2.75, 3.05) is 24.7 Å². The predicted octanol–water partition coefficient (Wildman–Crippen LogP) is 4.30. The predicted molar refractivity (Wildman–Crippen MR) is 130 cm³/mol. The molecule has 7 heteroatoms. The van der Waals surface area contributed by atoms with Crippen LogP contribution in [0.15, 0.2) is 66.7 Å². The molecule has 3 aromatic rings. The molecule has 0 saturated carbocycles. The number of aliphatic carboxylic acids is 1. The quantitative estimate of drug-likeness (QED) is 0.574. The molecule has 7 nitrogen and oxygen atoms in total. The Morgan fingerprint density at radius 2 is 1.69 bits per heavy atom. The van der Waals surface area contributed by atoms with Crippen molar-refractivity contribution < 1.29 is 29.3 Å². The molecule has 0 aromatic heterocycles. The molecule has 0 spiro atoms. The van der Waals surface area contributed by atoms with Crippen molar-refractivity contribution in [1.29, 1.82) is 0 Å². The Bertz CT molecular complexity index is 1280. The summed E-state index contributed by atoms with van der Waals surface area (Å²) in [5.74, 6) is -1.15. The molecular weight excluding hydrogens is 446 g/mol. The molecule has 2 aliphatic rings. The maximum Gasteiger partial charge on any atom is 0.313 e. The number of rotatable bonds is 5. The second-order valence-electron chi connectivity index (χ2n) is 9.52. The summed E-state index contributed by atoms with van der Waals surface area (Å²) in [7, 11) is 0. The maximum atomic E-state index is 13.8. The number of fused-ring (bicyclic) bond motifs is 2. The van der Waals surface area contributed by atoms with Gasteiger partial charge in [-0.3, -0.25) is 14.5 Å². The van der Waals surface area contributed by atoms with Crippen molar-refractivity contribution in [1.82, 2.24) is 0 Å². The van der Waals surface area contributed by atoms with Gasteiger partial charge in [0.15, 0.2) is 11.5 Å². The van der Waals surface area contributed by atoms with Crippen LogP contribution in [-0.4, -0.2) is 41.9 Å². The summed E-state index contributed by atoms with van der Waals surface area (Å²) in [4.78, 5) is 28.1. The van der Waals surface area contributed by atoms with E-state index in [1.54, 1.807) is 47.4 Å². The Hall–Kier alpha value is -3.84. The number of carbonyl (C=O) groups excluding carboxylic acids is 1. The first kappa shape index (κ1) is 22.9. The van der Waals surface area contributed by atoms with Crippen LogP contribution in [0.2, 0.25) is 0 Å². The maximum absolute atomic E-state index is 13.8. The zero-order chi connectivity index (χ0) is 24.7. The van der Waals surface area contributed by atoms with Gasteiger partial charge < -0.3 is 19.7 Å². The van der Waals surface area contributed by atoms with Crippen LogP contribution in [-0.2, 0) is 10.2 Å². The van der Waals surface area contributed by atoms with Crippen LogP contribution in [0, 0.1) is 0 Å². The minimum absolute atomic E-state index is 0.0245. The fourth-order valence-electron chi connectivity index (χ4n) is 4.83. The minimum Gasteiger partial charge on any atom is -0.486 e. The van der Waals surface area contributed by atoms with E-state index in [1.165, 1.54) is 0 Å². The monoisotopic (exact) mass is 473 g/mol. The van der Waals surface area contributed by atoms with Crippen LogP contribution in [0.25, 0.3) is 0 Å². The highest BCUT2D eigenvalue weighted by atomic mass is 16.6. The Kier molecular flexibility index (Phi) is 5.73. The molecule has 0 saturated heterocycles. The van der Waals surface area contributed by atoms with Gasteiger partial charge >= 0.3 is 5.97 Å². The Morgan fingerprint density at radius 3 is 2.37 bits per heavy atom. The molecule has 2 unspecified atom stereocenters. The number of nitrogens with zero attached hydrogens (tertiary/aromatic N) is 1. The molecule has 3 aromatic carbocycles. The minimum atomic E-state index is -1.02. The van der Waals surface area contributed by atoms with Crippen LogP contribution < -0.4 is 14.4 Å². The summed E-state index contributed by atoms with van der Waals surface area (Å²) in [5.41, 5.74) is 2.54. The molecule has 2 atom stereocenters. The molecule has 35 heavy (non-hydrogen) atoms. The molecule has 2 aliphatic heterocycles. The third-order valence-electron chi connectivity index (χ3n) is 6.84. The highest BCUT2D eigenvalue weighted by Crippen LogP contribution is 2.47. The smallest absolute Gasteiger partial charge is 0.313 e. The van der Waals surface area contributed by atoms with E-state index < -0.39 is 23.3 Å². The van der Waals surface area contributed by atoms with Crippen molar-refractivity contribution in [3.05, 3.63) is 89.0 Å². The fourth-order valence-corrected chi connectivity index (χ4v) is 4.83. The second-order valence-corrected chi connectivity index (χ2v) is 9.52. The van der Waals surface area contributed by atoms with E-state index >= 15 is 0 Å². The summed E-state index contributed by atoms with van der Waals surface area (Å²) in [6, 6.07) is 18.8. The second kappa shape index (κ2) is 8.74. The number of anilines is 1. The lowest BCUT2D eigenvalue weighted by molar-refractivity contribution is -0.139. The van der Waals surface area contributed by atoms with Crippen LogP contribution in [0.3, 0.4) is 0 Å².